The second-order valence-corrected chi connectivity index (χ2v) is 6.37. The molecule has 0 aromatic carbocycles. The number of carbonyl (C=O) groups excluding carboxylic acids is 4. The van der Waals surface area contributed by atoms with Gasteiger partial charge in [0.15, 0.2) is 0 Å². The van der Waals surface area contributed by atoms with E-state index >= 15 is 0 Å². The van der Waals surface area contributed by atoms with Crippen molar-refractivity contribution in [1.29, 1.82) is 0 Å². The van der Waals surface area contributed by atoms with Crippen LogP contribution in [0.4, 0.5) is 0 Å². The van der Waals surface area contributed by atoms with Crippen LogP contribution in [-0.4, -0.2) is 45.1 Å². The minimum absolute atomic E-state index is 0.160. The molecule has 0 aliphatic carbocycles. The molecule has 0 saturated heterocycles. The van der Waals surface area contributed by atoms with Crippen LogP contribution in [0.1, 0.15) is 27.7 Å². The Balaban J connectivity index is 4.12. The predicted octanol–water partition coefficient (Wildman–Crippen LogP) is 1.55. The molecule has 0 aromatic rings. The van der Waals surface area contributed by atoms with E-state index in [0.29, 0.717) is 11.5 Å². The molecule has 0 aliphatic rings. The first-order valence-electron chi connectivity index (χ1n) is 5.52. The average molecular weight is 290 g/mol. The van der Waals surface area contributed by atoms with Gasteiger partial charge in [0.05, 0.1) is 0 Å². The third-order valence-corrected chi connectivity index (χ3v) is 5.26. The first kappa shape index (κ1) is 17.4. The van der Waals surface area contributed by atoms with Crippen LogP contribution in [-0.2, 0) is 19.2 Å². The van der Waals surface area contributed by atoms with Gasteiger partial charge in [-0.1, -0.05) is 0 Å². The molecule has 18 heavy (non-hydrogen) atoms. The standard InChI is InChI=1S/C12H18O4S2/c1-7(13)11(8(2)14)17-5-6-18-12(9(3)15)10(4)16/h11-12H,5-6H2,1-4H3. The van der Waals surface area contributed by atoms with E-state index in [1.807, 2.05) is 0 Å². The Bertz CT molecular complexity index is 290. The molecule has 0 amide bonds. The lowest BCUT2D eigenvalue weighted by Gasteiger charge is -2.12. The first-order chi connectivity index (χ1) is 8.27. The van der Waals surface area contributed by atoms with Crippen LogP contribution in [0.15, 0.2) is 0 Å². The van der Waals surface area contributed by atoms with Crippen molar-refractivity contribution in [2.45, 2.75) is 38.2 Å². The Hall–Kier alpha value is -0.620. The number of hydrogen-bond donors (Lipinski definition) is 0. The predicted molar refractivity (Wildman–Crippen MR) is 75.2 cm³/mol. The van der Waals surface area contributed by atoms with Gasteiger partial charge in [-0.3, -0.25) is 19.2 Å². The summed E-state index contributed by atoms with van der Waals surface area (Å²) in [5.41, 5.74) is 0. The number of ketones is 4. The van der Waals surface area contributed by atoms with Gasteiger partial charge in [0.1, 0.15) is 33.6 Å². The summed E-state index contributed by atoms with van der Waals surface area (Å²) in [5.74, 6) is 0.482. The Kier molecular flexibility index (Phi) is 8.18. The van der Waals surface area contributed by atoms with Crippen molar-refractivity contribution in [3.8, 4) is 0 Å². The van der Waals surface area contributed by atoms with E-state index < -0.39 is 10.5 Å². The maximum absolute atomic E-state index is 11.2. The molecular formula is C12H18O4S2. The first-order valence-corrected chi connectivity index (χ1v) is 7.62. The Morgan fingerprint density at radius 1 is 0.667 bits per heavy atom. The molecule has 0 spiro atoms. The van der Waals surface area contributed by atoms with Gasteiger partial charge >= 0.3 is 0 Å². The van der Waals surface area contributed by atoms with E-state index in [9.17, 15) is 19.2 Å². The zero-order valence-electron chi connectivity index (χ0n) is 11.0. The Morgan fingerprint density at radius 2 is 0.889 bits per heavy atom. The van der Waals surface area contributed by atoms with Crippen molar-refractivity contribution in [3.05, 3.63) is 0 Å². The van der Waals surface area contributed by atoms with Gasteiger partial charge < -0.3 is 0 Å². The number of thioether (sulfide) groups is 2. The van der Waals surface area contributed by atoms with Gasteiger partial charge in [0, 0.05) is 11.5 Å². The lowest BCUT2D eigenvalue weighted by molar-refractivity contribution is -0.125. The molecule has 0 saturated carbocycles. The molecule has 0 heterocycles. The fraction of sp³-hybridized carbons (Fsp3) is 0.667. The molecule has 0 rings (SSSR count). The third-order valence-electron chi connectivity index (χ3n) is 2.13. The highest BCUT2D eigenvalue weighted by Crippen LogP contribution is 2.19. The fourth-order valence-corrected chi connectivity index (χ4v) is 3.55. The molecule has 0 N–H and O–H groups in total. The lowest BCUT2D eigenvalue weighted by atomic mass is 10.2. The molecule has 6 heteroatoms. The zero-order valence-corrected chi connectivity index (χ0v) is 12.7. The Morgan fingerprint density at radius 3 is 1.06 bits per heavy atom. The molecule has 0 unspecified atom stereocenters. The third kappa shape index (κ3) is 6.35. The highest BCUT2D eigenvalue weighted by Gasteiger charge is 2.22. The van der Waals surface area contributed by atoms with E-state index in [1.165, 1.54) is 51.2 Å². The van der Waals surface area contributed by atoms with E-state index in [-0.39, 0.29) is 23.1 Å². The summed E-state index contributed by atoms with van der Waals surface area (Å²) >= 11 is 2.52. The number of rotatable bonds is 9. The number of carbonyl (C=O) groups is 4. The molecular weight excluding hydrogens is 272 g/mol. The average Bonchev–Trinajstić information content (AvgIpc) is 2.20. The van der Waals surface area contributed by atoms with E-state index in [0.717, 1.165) is 0 Å². The highest BCUT2D eigenvalue weighted by atomic mass is 32.2. The normalized spacial score (nSPS) is 10.8. The molecule has 0 fully saturated rings. The van der Waals surface area contributed by atoms with Crippen molar-refractivity contribution in [2.75, 3.05) is 11.5 Å². The molecule has 0 radical (unpaired) electrons. The molecule has 4 nitrogen and oxygen atoms in total. The van der Waals surface area contributed by atoms with Gasteiger partial charge in [-0.15, -0.1) is 23.5 Å². The van der Waals surface area contributed by atoms with Crippen molar-refractivity contribution in [1.82, 2.24) is 0 Å². The van der Waals surface area contributed by atoms with Crippen molar-refractivity contribution in [2.24, 2.45) is 0 Å². The second kappa shape index (κ2) is 8.48. The van der Waals surface area contributed by atoms with Gasteiger partial charge in [-0.2, -0.15) is 0 Å². The minimum atomic E-state index is -0.626. The van der Waals surface area contributed by atoms with Crippen molar-refractivity contribution >= 4 is 46.7 Å². The molecule has 0 bridgehead atoms. The summed E-state index contributed by atoms with van der Waals surface area (Å²) < 4.78 is 0. The summed E-state index contributed by atoms with van der Waals surface area (Å²) in [6.45, 7) is 5.56. The summed E-state index contributed by atoms with van der Waals surface area (Å²) in [4.78, 5) is 44.7. The van der Waals surface area contributed by atoms with Gasteiger partial charge in [0.2, 0.25) is 0 Å². The van der Waals surface area contributed by atoms with Crippen LogP contribution in [0, 0.1) is 0 Å². The van der Waals surface area contributed by atoms with E-state index in [1.54, 1.807) is 0 Å². The van der Waals surface area contributed by atoms with Crippen LogP contribution in [0.3, 0.4) is 0 Å². The van der Waals surface area contributed by atoms with Gasteiger partial charge in [-0.05, 0) is 27.7 Å². The largest absolute Gasteiger partial charge is 0.298 e. The molecule has 0 aromatic heterocycles. The van der Waals surface area contributed by atoms with Gasteiger partial charge in [-0.25, -0.2) is 0 Å². The van der Waals surface area contributed by atoms with Crippen molar-refractivity contribution < 1.29 is 19.2 Å². The Labute approximate surface area is 116 Å². The smallest absolute Gasteiger partial charge is 0.150 e. The van der Waals surface area contributed by atoms with E-state index in [4.69, 9.17) is 0 Å². The molecule has 0 aliphatic heterocycles. The lowest BCUT2D eigenvalue weighted by Crippen LogP contribution is -2.25. The highest BCUT2D eigenvalue weighted by molar-refractivity contribution is 8.04. The van der Waals surface area contributed by atoms with Crippen molar-refractivity contribution in [3.63, 3.8) is 0 Å². The monoisotopic (exact) mass is 290 g/mol. The SMILES string of the molecule is CC(=O)C(SCCSC(C(C)=O)C(C)=O)C(C)=O. The summed E-state index contributed by atoms with van der Waals surface area (Å²) in [6, 6.07) is 0. The molecule has 0 atom stereocenters. The number of hydrogen-bond acceptors (Lipinski definition) is 6. The van der Waals surface area contributed by atoms with Crippen LogP contribution in [0.25, 0.3) is 0 Å². The maximum atomic E-state index is 11.2. The van der Waals surface area contributed by atoms with Crippen LogP contribution >= 0.6 is 23.5 Å². The number of Topliss-reactive ketones (excluding diaryl/α,β-unsaturated/α-hetero) is 4. The summed E-state index contributed by atoms with van der Waals surface area (Å²) in [5, 5.41) is -1.25. The van der Waals surface area contributed by atoms with Crippen LogP contribution in [0.2, 0.25) is 0 Å². The quantitative estimate of drug-likeness (QED) is 0.474. The summed E-state index contributed by atoms with van der Waals surface area (Å²) in [6.07, 6.45) is 0. The zero-order chi connectivity index (χ0) is 14.3. The van der Waals surface area contributed by atoms with Crippen LogP contribution < -0.4 is 0 Å². The topological polar surface area (TPSA) is 68.3 Å². The fourth-order valence-electron chi connectivity index (χ4n) is 1.37. The maximum Gasteiger partial charge on any atom is 0.150 e. The molecule has 102 valence electrons. The van der Waals surface area contributed by atoms with Crippen LogP contribution in [0.5, 0.6) is 0 Å². The minimum Gasteiger partial charge on any atom is -0.298 e. The van der Waals surface area contributed by atoms with E-state index in [2.05, 4.69) is 0 Å². The summed E-state index contributed by atoms with van der Waals surface area (Å²) in [7, 11) is 0. The second-order valence-electron chi connectivity index (χ2n) is 3.94. The van der Waals surface area contributed by atoms with Gasteiger partial charge in [0.25, 0.3) is 0 Å².